The van der Waals surface area contributed by atoms with Crippen molar-refractivity contribution in [3.05, 3.63) is 48.2 Å². The number of aromatic nitrogens is 1. The van der Waals surface area contributed by atoms with E-state index in [1.54, 1.807) is 16.1 Å². The second-order valence-corrected chi connectivity index (χ2v) is 6.85. The minimum Gasteiger partial charge on any atom is -0.467 e. The van der Waals surface area contributed by atoms with E-state index in [4.69, 9.17) is 4.42 Å². The average molecular weight is 359 g/mol. The summed E-state index contributed by atoms with van der Waals surface area (Å²) < 4.78 is 7.41. The zero-order valence-corrected chi connectivity index (χ0v) is 16.1. The first-order chi connectivity index (χ1) is 12.4. The van der Waals surface area contributed by atoms with Crippen LogP contribution in [0.3, 0.4) is 0 Å². The summed E-state index contributed by atoms with van der Waals surface area (Å²) in [5.41, 5.74) is 1.03. The number of amides is 2. The molecule has 0 aliphatic rings. The molecular weight excluding hydrogens is 330 g/mol. The molecule has 0 saturated heterocycles. The first-order valence-electron chi connectivity index (χ1n) is 9.11. The van der Waals surface area contributed by atoms with Gasteiger partial charge in [-0.3, -0.25) is 9.59 Å². The van der Waals surface area contributed by atoms with Gasteiger partial charge in [-0.1, -0.05) is 20.8 Å². The van der Waals surface area contributed by atoms with Crippen molar-refractivity contribution in [1.29, 1.82) is 0 Å². The molecule has 0 atom stereocenters. The van der Waals surface area contributed by atoms with Crippen LogP contribution in [0.4, 0.5) is 0 Å². The molecule has 0 spiro atoms. The van der Waals surface area contributed by atoms with Crippen LogP contribution < -0.4 is 0 Å². The molecule has 142 valence electrons. The minimum atomic E-state index is -0.124. The van der Waals surface area contributed by atoms with Gasteiger partial charge in [-0.05, 0) is 30.7 Å². The summed E-state index contributed by atoms with van der Waals surface area (Å²) in [5, 5.41) is 0. The average Bonchev–Trinajstić information content (AvgIpc) is 3.25. The van der Waals surface area contributed by atoms with Crippen LogP contribution in [-0.4, -0.2) is 39.3 Å². The zero-order valence-electron chi connectivity index (χ0n) is 16.1. The molecule has 0 unspecified atom stereocenters. The Morgan fingerprint density at radius 3 is 2.46 bits per heavy atom. The van der Waals surface area contributed by atoms with Crippen LogP contribution in [0, 0.1) is 5.92 Å². The van der Waals surface area contributed by atoms with Crippen molar-refractivity contribution in [2.75, 3.05) is 13.1 Å². The Morgan fingerprint density at radius 2 is 1.92 bits per heavy atom. The highest BCUT2D eigenvalue weighted by Gasteiger charge is 2.23. The number of nitrogens with zero attached hydrogens (tertiary/aromatic N) is 3. The number of carbonyl (C=O) groups excluding carboxylic acids is 2. The first kappa shape index (κ1) is 19.8. The highest BCUT2D eigenvalue weighted by atomic mass is 16.3. The van der Waals surface area contributed by atoms with E-state index < -0.39 is 0 Å². The van der Waals surface area contributed by atoms with Gasteiger partial charge in [0, 0.05) is 31.4 Å². The third-order valence-corrected chi connectivity index (χ3v) is 4.31. The highest BCUT2D eigenvalue weighted by molar-refractivity contribution is 5.85. The van der Waals surface area contributed by atoms with E-state index in [0.29, 0.717) is 19.6 Å². The smallest absolute Gasteiger partial charge is 0.242 e. The number of hydrogen-bond acceptors (Lipinski definition) is 3. The Morgan fingerprint density at radius 1 is 1.15 bits per heavy atom. The monoisotopic (exact) mass is 359 g/mol. The maximum atomic E-state index is 13.0. The van der Waals surface area contributed by atoms with E-state index >= 15 is 0 Å². The maximum Gasteiger partial charge on any atom is 0.242 e. The van der Waals surface area contributed by atoms with Crippen molar-refractivity contribution in [2.45, 2.75) is 40.3 Å². The molecule has 0 aromatic carbocycles. The van der Waals surface area contributed by atoms with Gasteiger partial charge in [-0.25, -0.2) is 0 Å². The Kier molecular flexibility index (Phi) is 7.06. The fourth-order valence-electron chi connectivity index (χ4n) is 2.84. The molecule has 2 rings (SSSR count). The summed E-state index contributed by atoms with van der Waals surface area (Å²) in [7, 11) is 1.95. The van der Waals surface area contributed by atoms with E-state index in [2.05, 4.69) is 0 Å². The maximum absolute atomic E-state index is 13.0. The second kappa shape index (κ2) is 9.27. The van der Waals surface area contributed by atoms with Crippen molar-refractivity contribution in [3.8, 4) is 0 Å². The van der Waals surface area contributed by atoms with E-state index in [1.807, 2.05) is 62.8 Å². The largest absolute Gasteiger partial charge is 0.467 e. The van der Waals surface area contributed by atoms with Crippen molar-refractivity contribution in [1.82, 2.24) is 14.4 Å². The van der Waals surface area contributed by atoms with Crippen LogP contribution in [0.25, 0.3) is 0 Å². The van der Waals surface area contributed by atoms with Crippen molar-refractivity contribution < 1.29 is 14.0 Å². The number of furan rings is 1. The van der Waals surface area contributed by atoms with Crippen LogP contribution in [0.1, 0.15) is 38.6 Å². The molecule has 0 radical (unpaired) electrons. The van der Waals surface area contributed by atoms with Gasteiger partial charge >= 0.3 is 0 Å². The molecule has 0 aliphatic carbocycles. The van der Waals surface area contributed by atoms with Gasteiger partial charge in [-0.2, -0.15) is 0 Å². The molecule has 0 saturated carbocycles. The first-order valence-corrected chi connectivity index (χ1v) is 9.11. The predicted molar refractivity (Wildman–Crippen MR) is 100 cm³/mol. The van der Waals surface area contributed by atoms with Gasteiger partial charge in [0.2, 0.25) is 11.8 Å². The number of carbonyl (C=O) groups is 2. The van der Waals surface area contributed by atoms with Gasteiger partial charge in [0.25, 0.3) is 0 Å². The molecule has 6 heteroatoms. The van der Waals surface area contributed by atoms with Crippen LogP contribution in [0.2, 0.25) is 0 Å². The fraction of sp³-hybridized carbons (Fsp3) is 0.500. The third-order valence-electron chi connectivity index (χ3n) is 4.31. The van der Waals surface area contributed by atoms with Crippen LogP contribution in [-0.2, 0) is 29.7 Å². The van der Waals surface area contributed by atoms with Crippen LogP contribution in [0.15, 0.2) is 41.1 Å². The summed E-state index contributed by atoms with van der Waals surface area (Å²) in [4.78, 5) is 28.8. The predicted octanol–water partition coefficient (Wildman–Crippen LogP) is 3.04. The van der Waals surface area contributed by atoms with Crippen molar-refractivity contribution >= 4 is 11.8 Å². The second-order valence-electron chi connectivity index (χ2n) is 6.85. The lowest BCUT2D eigenvalue weighted by atomic mass is 10.2. The molecule has 2 aromatic rings. The molecule has 0 fully saturated rings. The Balaban J connectivity index is 2.15. The van der Waals surface area contributed by atoms with E-state index in [9.17, 15) is 9.59 Å². The number of aryl methyl sites for hydroxylation is 1. The zero-order chi connectivity index (χ0) is 19.1. The van der Waals surface area contributed by atoms with Gasteiger partial charge in [0.15, 0.2) is 0 Å². The Hall–Kier alpha value is -2.50. The van der Waals surface area contributed by atoms with Gasteiger partial charge in [0.05, 0.1) is 25.9 Å². The number of hydrogen-bond donors (Lipinski definition) is 0. The van der Waals surface area contributed by atoms with Gasteiger partial charge in [0.1, 0.15) is 5.76 Å². The molecule has 0 bridgehead atoms. The summed E-state index contributed by atoms with van der Waals surface area (Å²) in [6, 6.07) is 7.61. The molecule has 2 heterocycles. The van der Waals surface area contributed by atoms with Gasteiger partial charge in [-0.15, -0.1) is 0 Å². The standard InChI is InChI=1S/C20H29N3O3/c1-5-10-22(20(25)16(2)3)15-19(24)23(14-18-9-7-12-26-18)13-17-8-6-11-21(17)4/h6-9,11-12,16H,5,10,13-15H2,1-4H3. The highest BCUT2D eigenvalue weighted by Crippen LogP contribution is 2.13. The Labute approximate surface area is 155 Å². The molecule has 0 N–H and O–H groups in total. The third kappa shape index (κ3) is 5.25. The molecule has 0 aliphatic heterocycles. The number of rotatable bonds is 9. The lowest BCUT2D eigenvalue weighted by Gasteiger charge is -2.28. The van der Waals surface area contributed by atoms with Crippen LogP contribution >= 0.6 is 0 Å². The quantitative estimate of drug-likeness (QED) is 0.691. The van der Waals surface area contributed by atoms with Crippen molar-refractivity contribution in [3.63, 3.8) is 0 Å². The normalized spacial score (nSPS) is 11.0. The summed E-state index contributed by atoms with van der Waals surface area (Å²) in [6.45, 7) is 7.26. The SMILES string of the molecule is CCCN(CC(=O)N(Cc1ccco1)Cc1cccn1C)C(=O)C(C)C. The van der Waals surface area contributed by atoms with Crippen LogP contribution in [0.5, 0.6) is 0 Å². The lowest BCUT2D eigenvalue weighted by Crippen LogP contribution is -2.44. The van der Waals surface area contributed by atoms with Crippen molar-refractivity contribution in [2.24, 2.45) is 13.0 Å². The summed E-state index contributed by atoms with van der Waals surface area (Å²) in [5.74, 6) is 0.535. The topological polar surface area (TPSA) is 58.7 Å². The molecule has 26 heavy (non-hydrogen) atoms. The molecular formula is C20H29N3O3. The Bertz CT molecular complexity index is 704. The lowest BCUT2D eigenvalue weighted by molar-refractivity contribution is -0.143. The fourth-order valence-corrected chi connectivity index (χ4v) is 2.84. The molecule has 2 amide bonds. The van der Waals surface area contributed by atoms with Gasteiger partial charge < -0.3 is 18.8 Å². The molecule has 2 aromatic heterocycles. The van der Waals surface area contributed by atoms with E-state index in [1.165, 1.54) is 0 Å². The minimum absolute atomic E-state index is 0.0111. The molecule has 6 nitrogen and oxygen atoms in total. The summed E-state index contributed by atoms with van der Waals surface area (Å²) >= 11 is 0. The van der Waals surface area contributed by atoms with E-state index in [0.717, 1.165) is 17.9 Å². The van der Waals surface area contributed by atoms with E-state index in [-0.39, 0.29) is 24.3 Å². The summed E-state index contributed by atoms with van der Waals surface area (Å²) in [6.07, 6.45) is 4.38.